The molecule has 0 aliphatic rings. The molecule has 0 radical (unpaired) electrons. The third-order valence-electron chi connectivity index (χ3n) is 2.15. The highest BCUT2D eigenvalue weighted by atomic mass is 35.5. The highest BCUT2D eigenvalue weighted by Crippen LogP contribution is 2.19. The Labute approximate surface area is 103 Å². The Morgan fingerprint density at radius 1 is 1.38 bits per heavy atom. The van der Waals surface area contributed by atoms with Gasteiger partial charge in [0.05, 0.1) is 10.7 Å². The largest absolute Gasteiger partial charge is 0.398 e. The van der Waals surface area contributed by atoms with Gasteiger partial charge >= 0.3 is 0 Å². The minimum absolute atomic E-state index is 0.605. The number of anilines is 1. The molecule has 5 heteroatoms. The van der Waals surface area contributed by atoms with Crippen LogP contribution in [-0.2, 0) is 13.1 Å². The number of benzene rings is 1. The molecule has 0 fully saturated rings. The summed E-state index contributed by atoms with van der Waals surface area (Å²) in [7, 11) is 0. The average molecular weight is 254 g/mol. The first-order valence-corrected chi connectivity index (χ1v) is 6.14. The highest BCUT2D eigenvalue weighted by Gasteiger charge is 1.99. The van der Waals surface area contributed by atoms with Crippen molar-refractivity contribution in [1.82, 2.24) is 10.3 Å². The van der Waals surface area contributed by atoms with Crippen LogP contribution in [0, 0.1) is 0 Å². The smallest absolute Gasteiger partial charge is 0.106 e. The van der Waals surface area contributed by atoms with Crippen LogP contribution in [-0.4, -0.2) is 4.98 Å². The SMILES string of the molecule is Nc1ccc(CNCc2nccs2)cc1Cl. The summed E-state index contributed by atoms with van der Waals surface area (Å²) < 4.78 is 0. The minimum Gasteiger partial charge on any atom is -0.398 e. The third-order valence-corrected chi connectivity index (χ3v) is 3.26. The van der Waals surface area contributed by atoms with E-state index in [2.05, 4.69) is 10.3 Å². The first kappa shape index (κ1) is 11.4. The van der Waals surface area contributed by atoms with E-state index in [-0.39, 0.29) is 0 Å². The molecule has 0 atom stereocenters. The molecule has 0 aliphatic heterocycles. The number of thiazole rings is 1. The zero-order valence-corrected chi connectivity index (χ0v) is 10.2. The third kappa shape index (κ3) is 2.95. The summed E-state index contributed by atoms with van der Waals surface area (Å²) in [6.45, 7) is 1.54. The summed E-state index contributed by atoms with van der Waals surface area (Å²) in [6.07, 6.45) is 1.81. The van der Waals surface area contributed by atoms with Gasteiger partial charge in [-0.3, -0.25) is 0 Å². The fourth-order valence-electron chi connectivity index (χ4n) is 1.33. The summed E-state index contributed by atoms with van der Waals surface area (Å²) in [6, 6.07) is 5.67. The predicted octanol–water partition coefficient (Wildman–Crippen LogP) is 2.67. The molecule has 0 unspecified atom stereocenters. The normalized spacial score (nSPS) is 10.6. The van der Waals surface area contributed by atoms with Crippen LogP contribution in [0.1, 0.15) is 10.6 Å². The molecule has 2 aromatic rings. The monoisotopic (exact) mass is 253 g/mol. The number of nitrogens with two attached hydrogens (primary N) is 1. The van der Waals surface area contributed by atoms with Crippen molar-refractivity contribution in [2.24, 2.45) is 0 Å². The first-order chi connectivity index (χ1) is 7.75. The highest BCUT2D eigenvalue weighted by molar-refractivity contribution is 7.09. The number of hydrogen-bond donors (Lipinski definition) is 2. The molecule has 16 heavy (non-hydrogen) atoms. The van der Waals surface area contributed by atoms with Gasteiger partial charge in [0, 0.05) is 24.7 Å². The molecular weight excluding hydrogens is 242 g/mol. The molecule has 84 valence electrons. The van der Waals surface area contributed by atoms with E-state index in [1.165, 1.54) is 0 Å². The number of nitrogen functional groups attached to an aromatic ring is 1. The van der Waals surface area contributed by atoms with Gasteiger partial charge in [0.1, 0.15) is 5.01 Å². The number of nitrogens with one attached hydrogen (secondary N) is 1. The second-order valence-electron chi connectivity index (χ2n) is 3.39. The van der Waals surface area contributed by atoms with Crippen LogP contribution in [0.25, 0.3) is 0 Å². The van der Waals surface area contributed by atoms with Gasteiger partial charge in [-0.25, -0.2) is 4.98 Å². The lowest BCUT2D eigenvalue weighted by Gasteiger charge is -2.04. The van der Waals surface area contributed by atoms with E-state index in [9.17, 15) is 0 Å². The van der Waals surface area contributed by atoms with Crippen molar-refractivity contribution in [2.75, 3.05) is 5.73 Å². The van der Waals surface area contributed by atoms with Gasteiger partial charge in [-0.05, 0) is 17.7 Å². The zero-order valence-electron chi connectivity index (χ0n) is 8.61. The van der Waals surface area contributed by atoms with Gasteiger partial charge in [0.25, 0.3) is 0 Å². The summed E-state index contributed by atoms with van der Waals surface area (Å²) in [5.74, 6) is 0. The summed E-state index contributed by atoms with van der Waals surface area (Å²) in [4.78, 5) is 4.19. The van der Waals surface area contributed by atoms with Crippen LogP contribution in [0.2, 0.25) is 5.02 Å². The zero-order chi connectivity index (χ0) is 11.4. The van der Waals surface area contributed by atoms with Gasteiger partial charge in [0.15, 0.2) is 0 Å². The number of halogens is 1. The maximum atomic E-state index is 5.93. The fourth-order valence-corrected chi connectivity index (χ4v) is 2.12. The van der Waals surface area contributed by atoms with Gasteiger partial charge in [0.2, 0.25) is 0 Å². The van der Waals surface area contributed by atoms with E-state index in [0.717, 1.165) is 23.7 Å². The molecule has 0 spiro atoms. The Bertz CT molecular complexity index is 456. The van der Waals surface area contributed by atoms with E-state index in [1.54, 1.807) is 11.3 Å². The van der Waals surface area contributed by atoms with Gasteiger partial charge < -0.3 is 11.1 Å². The van der Waals surface area contributed by atoms with Crippen LogP contribution >= 0.6 is 22.9 Å². The molecule has 3 nitrogen and oxygen atoms in total. The molecule has 0 saturated heterocycles. The molecule has 0 bridgehead atoms. The predicted molar refractivity (Wildman–Crippen MR) is 68.5 cm³/mol. The summed E-state index contributed by atoms with van der Waals surface area (Å²) in [5.41, 5.74) is 7.37. The Morgan fingerprint density at radius 2 is 2.25 bits per heavy atom. The quantitative estimate of drug-likeness (QED) is 0.824. The maximum Gasteiger partial charge on any atom is 0.106 e. The Morgan fingerprint density at radius 3 is 2.94 bits per heavy atom. The fraction of sp³-hybridized carbons (Fsp3) is 0.182. The van der Waals surface area contributed by atoms with E-state index >= 15 is 0 Å². The number of aromatic nitrogens is 1. The van der Waals surface area contributed by atoms with Crippen molar-refractivity contribution in [3.8, 4) is 0 Å². The second kappa shape index (κ2) is 5.30. The summed E-state index contributed by atoms with van der Waals surface area (Å²) in [5, 5.41) is 6.96. The first-order valence-electron chi connectivity index (χ1n) is 4.88. The lowest BCUT2D eigenvalue weighted by molar-refractivity contribution is 0.690. The lowest BCUT2D eigenvalue weighted by Crippen LogP contribution is -2.12. The molecule has 2 rings (SSSR count). The maximum absolute atomic E-state index is 5.93. The number of rotatable bonds is 4. The van der Waals surface area contributed by atoms with Crippen LogP contribution in [0.4, 0.5) is 5.69 Å². The number of hydrogen-bond acceptors (Lipinski definition) is 4. The van der Waals surface area contributed by atoms with Crippen LogP contribution < -0.4 is 11.1 Å². The van der Waals surface area contributed by atoms with Crippen LogP contribution in [0.3, 0.4) is 0 Å². The topological polar surface area (TPSA) is 50.9 Å². The molecule has 3 N–H and O–H groups in total. The van der Waals surface area contributed by atoms with Gasteiger partial charge in [-0.2, -0.15) is 0 Å². The molecule has 1 heterocycles. The Kier molecular flexibility index (Phi) is 3.77. The van der Waals surface area contributed by atoms with E-state index in [0.29, 0.717) is 10.7 Å². The van der Waals surface area contributed by atoms with Crippen molar-refractivity contribution in [3.05, 3.63) is 45.4 Å². The van der Waals surface area contributed by atoms with Crippen molar-refractivity contribution >= 4 is 28.6 Å². The summed E-state index contributed by atoms with van der Waals surface area (Å²) >= 11 is 7.57. The molecule has 0 saturated carbocycles. The van der Waals surface area contributed by atoms with E-state index in [1.807, 2.05) is 29.8 Å². The van der Waals surface area contributed by atoms with Gasteiger partial charge in [-0.15, -0.1) is 11.3 Å². The van der Waals surface area contributed by atoms with Crippen molar-refractivity contribution in [1.29, 1.82) is 0 Å². The standard InChI is InChI=1S/C11H12ClN3S/c12-9-5-8(1-2-10(9)13)6-14-7-11-15-3-4-16-11/h1-5,14H,6-7,13H2. The molecule has 0 aliphatic carbocycles. The Hall–Kier alpha value is -1.10. The molecule has 0 amide bonds. The lowest BCUT2D eigenvalue weighted by atomic mass is 10.2. The molecular formula is C11H12ClN3S. The van der Waals surface area contributed by atoms with E-state index in [4.69, 9.17) is 17.3 Å². The van der Waals surface area contributed by atoms with Crippen molar-refractivity contribution in [3.63, 3.8) is 0 Å². The van der Waals surface area contributed by atoms with Crippen LogP contribution in [0.15, 0.2) is 29.8 Å². The molecule has 1 aromatic carbocycles. The second-order valence-corrected chi connectivity index (χ2v) is 4.77. The van der Waals surface area contributed by atoms with Crippen molar-refractivity contribution < 1.29 is 0 Å². The number of nitrogens with zero attached hydrogens (tertiary/aromatic N) is 1. The minimum atomic E-state index is 0.605. The molecule has 1 aromatic heterocycles. The van der Waals surface area contributed by atoms with Crippen LogP contribution in [0.5, 0.6) is 0 Å². The van der Waals surface area contributed by atoms with Crippen molar-refractivity contribution in [2.45, 2.75) is 13.1 Å². The average Bonchev–Trinajstić information content (AvgIpc) is 2.76. The van der Waals surface area contributed by atoms with E-state index < -0.39 is 0 Å². The van der Waals surface area contributed by atoms with Gasteiger partial charge in [-0.1, -0.05) is 17.7 Å². The Balaban J connectivity index is 1.87.